The second-order valence-electron chi connectivity index (χ2n) is 6.78. The summed E-state index contributed by atoms with van der Waals surface area (Å²) in [5, 5.41) is 3.76. The van der Waals surface area contributed by atoms with Gasteiger partial charge in [0.05, 0.1) is 0 Å². The van der Waals surface area contributed by atoms with Crippen molar-refractivity contribution in [3.05, 3.63) is 11.6 Å². The van der Waals surface area contributed by atoms with Crippen molar-refractivity contribution in [1.29, 1.82) is 0 Å². The maximum Gasteiger partial charge on any atom is 0.0170 e. The normalized spacial score (nSPS) is 27.9. The Bertz CT molecular complexity index is 278. The van der Waals surface area contributed by atoms with Gasteiger partial charge in [-0.3, -0.25) is 0 Å². The molecule has 0 aromatic heterocycles. The van der Waals surface area contributed by atoms with E-state index in [0.29, 0.717) is 0 Å². The minimum Gasteiger partial charge on any atom is -0.310 e. The van der Waals surface area contributed by atoms with Crippen LogP contribution in [0, 0.1) is 11.8 Å². The van der Waals surface area contributed by atoms with E-state index < -0.39 is 0 Å². The minimum absolute atomic E-state index is 0.862. The second kappa shape index (κ2) is 6.23. The lowest BCUT2D eigenvalue weighted by Crippen LogP contribution is -2.24. The van der Waals surface area contributed by atoms with Gasteiger partial charge in [-0.25, -0.2) is 0 Å². The van der Waals surface area contributed by atoms with Gasteiger partial charge in [0.25, 0.3) is 0 Å². The predicted molar refractivity (Wildman–Crippen MR) is 77.6 cm³/mol. The fourth-order valence-corrected chi connectivity index (χ4v) is 3.79. The highest BCUT2D eigenvalue weighted by Gasteiger charge is 2.24. The SMILES string of the molecule is C(=C(CNC1CC1)C1CCCCC1)C1CCCC1. The van der Waals surface area contributed by atoms with E-state index in [0.717, 1.165) is 17.9 Å². The Morgan fingerprint density at radius 1 is 0.833 bits per heavy atom. The van der Waals surface area contributed by atoms with Gasteiger partial charge < -0.3 is 5.32 Å². The van der Waals surface area contributed by atoms with Gasteiger partial charge >= 0.3 is 0 Å². The molecule has 0 saturated heterocycles. The number of hydrogen-bond acceptors (Lipinski definition) is 1. The largest absolute Gasteiger partial charge is 0.310 e. The molecular weight excluding hydrogens is 218 g/mol. The van der Waals surface area contributed by atoms with Crippen molar-refractivity contribution in [2.24, 2.45) is 11.8 Å². The quantitative estimate of drug-likeness (QED) is 0.708. The summed E-state index contributed by atoms with van der Waals surface area (Å²) in [6, 6.07) is 0.862. The molecule has 0 aromatic carbocycles. The van der Waals surface area contributed by atoms with Crippen LogP contribution in [0.5, 0.6) is 0 Å². The highest BCUT2D eigenvalue weighted by molar-refractivity contribution is 5.13. The van der Waals surface area contributed by atoms with Crippen molar-refractivity contribution < 1.29 is 0 Å². The van der Waals surface area contributed by atoms with Crippen LogP contribution in [0.25, 0.3) is 0 Å². The van der Waals surface area contributed by atoms with Gasteiger partial charge in [-0.15, -0.1) is 0 Å². The zero-order valence-corrected chi connectivity index (χ0v) is 11.8. The first-order chi connectivity index (χ1) is 8.92. The van der Waals surface area contributed by atoms with Gasteiger partial charge in [-0.05, 0) is 50.4 Å². The summed E-state index contributed by atoms with van der Waals surface area (Å²) >= 11 is 0. The van der Waals surface area contributed by atoms with Crippen LogP contribution < -0.4 is 5.32 Å². The topological polar surface area (TPSA) is 12.0 Å². The van der Waals surface area contributed by atoms with E-state index in [2.05, 4.69) is 11.4 Å². The van der Waals surface area contributed by atoms with E-state index in [4.69, 9.17) is 0 Å². The van der Waals surface area contributed by atoms with Crippen molar-refractivity contribution >= 4 is 0 Å². The minimum atomic E-state index is 0.862. The molecule has 1 heteroatoms. The summed E-state index contributed by atoms with van der Waals surface area (Å²) in [6.07, 6.45) is 18.7. The Kier molecular flexibility index (Phi) is 4.40. The molecule has 0 unspecified atom stereocenters. The van der Waals surface area contributed by atoms with Gasteiger partial charge in [-0.2, -0.15) is 0 Å². The molecule has 1 N–H and O–H groups in total. The first-order valence-electron chi connectivity index (χ1n) is 8.36. The third-order valence-corrected chi connectivity index (χ3v) is 5.15. The monoisotopic (exact) mass is 247 g/mol. The lowest BCUT2D eigenvalue weighted by Gasteiger charge is -2.26. The molecule has 18 heavy (non-hydrogen) atoms. The van der Waals surface area contributed by atoms with E-state index in [1.165, 1.54) is 77.2 Å². The average molecular weight is 247 g/mol. The molecule has 102 valence electrons. The molecule has 1 nitrogen and oxygen atoms in total. The average Bonchev–Trinajstić information content (AvgIpc) is 3.11. The van der Waals surface area contributed by atoms with Gasteiger partial charge in [0.15, 0.2) is 0 Å². The summed E-state index contributed by atoms with van der Waals surface area (Å²) in [5.74, 6) is 1.84. The number of rotatable bonds is 5. The van der Waals surface area contributed by atoms with Crippen LogP contribution in [0.2, 0.25) is 0 Å². The Morgan fingerprint density at radius 2 is 1.50 bits per heavy atom. The molecule has 0 heterocycles. The summed E-state index contributed by atoms with van der Waals surface area (Å²) < 4.78 is 0. The van der Waals surface area contributed by atoms with Crippen LogP contribution >= 0.6 is 0 Å². The molecule has 0 amide bonds. The van der Waals surface area contributed by atoms with Crippen LogP contribution in [-0.2, 0) is 0 Å². The number of allylic oxidation sites excluding steroid dienone is 1. The van der Waals surface area contributed by atoms with E-state index in [1.54, 1.807) is 5.57 Å². The first kappa shape index (κ1) is 12.7. The number of nitrogens with one attached hydrogen (secondary N) is 1. The summed E-state index contributed by atoms with van der Waals surface area (Å²) in [5.41, 5.74) is 1.79. The molecule has 0 aliphatic heterocycles. The Labute approximate surface area is 112 Å². The molecule has 3 fully saturated rings. The van der Waals surface area contributed by atoms with Crippen LogP contribution in [0.1, 0.15) is 70.6 Å². The van der Waals surface area contributed by atoms with Crippen LogP contribution in [0.4, 0.5) is 0 Å². The van der Waals surface area contributed by atoms with E-state index >= 15 is 0 Å². The standard InChI is InChI=1S/C17H29N/c1-2-8-15(9-3-1)16(13-18-17-10-11-17)12-14-6-4-5-7-14/h12,14-15,17-18H,1-11,13H2. The zero-order chi connectivity index (χ0) is 12.2. The number of hydrogen-bond donors (Lipinski definition) is 1. The molecule has 0 bridgehead atoms. The zero-order valence-electron chi connectivity index (χ0n) is 11.8. The predicted octanol–water partition coefficient (Wildman–Crippen LogP) is 4.44. The summed E-state index contributed by atoms with van der Waals surface area (Å²) in [7, 11) is 0. The highest BCUT2D eigenvalue weighted by atomic mass is 14.9. The molecule has 0 radical (unpaired) electrons. The fraction of sp³-hybridized carbons (Fsp3) is 0.882. The van der Waals surface area contributed by atoms with Crippen molar-refractivity contribution in [1.82, 2.24) is 5.32 Å². The Morgan fingerprint density at radius 3 is 2.17 bits per heavy atom. The van der Waals surface area contributed by atoms with Crippen molar-refractivity contribution in [3.8, 4) is 0 Å². The van der Waals surface area contributed by atoms with Crippen molar-refractivity contribution in [2.75, 3.05) is 6.54 Å². The summed E-state index contributed by atoms with van der Waals surface area (Å²) in [6.45, 7) is 1.20. The van der Waals surface area contributed by atoms with E-state index in [1.807, 2.05) is 0 Å². The molecule has 0 atom stereocenters. The smallest absolute Gasteiger partial charge is 0.0170 e. The van der Waals surface area contributed by atoms with E-state index in [-0.39, 0.29) is 0 Å². The Hall–Kier alpha value is -0.300. The van der Waals surface area contributed by atoms with Crippen molar-refractivity contribution in [2.45, 2.75) is 76.7 Å². The first-order valence-corrected chi connectivity index (χ1v) is 8.36. The maximum absolute atomic E-state index is 3.76. The molecule has 0 spiro atoms. The molecule has 3 saturated carbocycles. The second-order valence-corrected chi connectivity index (χ2v) is 6.78. The highest BCUT2D eigenvalue weighted by Crippen LogP contribution is 2.34. The molecule has 0 aromatic rings. The lowest BCUT2D eigenvalue weighted by atomic mass is 9.82. The maximum atomic E-state index is 3.76. The van der Waals surface area contributed by atoms with Crippen LogP contribution in [0.15, 0.2) is 11.6 Å². The Balaban J connectivity index is 1.60. The molecule has 3 aliphatic carbocycles. The lowest BCUT2D eigenvalue weighted by molar-refractivity contribution is 0.391. The third-order valence-electron chi connectivity index (χ3n) is 5.15. The summed E-state index contributed by atoms with van der Waals surface area (Å²) in [4.78, 5) is 0. The molecule has 3 aliphatic rings. The van der Waals surface area contributed by atoms with Gasteiger partial charge in [-0.1, -0.05) is 43.8 Å². The third kappa shape index (κ3) is 3.60. The molecular formula is C17H29N. The van der Waals surface area contributed by atoms with Crippen LogP contribution in [0.3, 0.4) is 0 Å². The van der Waals surface area contributed by atoms with Crippen molar-refractivity contribution in [3.63, 3.8) is 0 Å². The van der Waals surface area contributed by atoms with Gasteiger partial charge in [0.1, 0.15) is 0 Å². The molecule has 3 rings (SSSR count). The van der Waals surface area contributed by atoms with Crippen LogP contribution in [-0.4, -0.2) is 12.6 Å². The fourth-order valence-electron chi connectivity index (χ4n) is 3.79. The van der Waals surface area contributed by atoms with Gasteiger partial charge in [0, 0.05) is 12.6 Å². The van der Waals surface area contributed by atoms with Gasteiger partial charge in [0.2, 0.25) is 0 Å². The van der Waals surface area contributed by atoms with E-state index in [9.17, 15) is 0 Å².